The Morgan fingerprint density at radius 3 is 0.980 bits per heavy atom. The summed E-state index contributed by atoms with van der Waals surface area (Å²) >= 11 is 4.28. The summed E-state index contributed by atoms with van der Waals surface area (Å²) in [5.74, 6) is -54.7. The van der Waals surface area contributed by atoms with Crippen LogP contribution in [0, 0.1) is 5.92 Å². The van der Waals surface area contributed by atoms with Crippen LogP contribution in [-0.2, 0) is 0 Å². The first-order valence-electron chi connectivity index (χ1n) is 17.6. The molecule has 0 spiro atoms. The Balaban J connectivity index is 4.77. The van der Waals surface area contributed by atoms with Crippen molar-refractivity contribution in [3.8, 4) is 0 Å². The molecule has 0 aliphatic carbocycles. The first-order valence-corrected chi connectivity index (χ1v) is 18.2. The number of hydrogen-bond acceptors (Lipinski definition) is 1. The third-order valence-corrected chi connectivity index (χ3v) is 9.40. The molecule has 0 bridgehead atoms. The van der Waals surface area contributed by atoms with Gasteiger partial charge in [-0.2, -0.15) is 87.3 Å². The van der Waals surface area contributed by atoms with E-state index in [1.807, 2.05) is 0 Å². The van der Waals surface area contributed by atoms with Crippen LogP contribution in [0.3, 0.4) is 0 Å². The number of hydrogen-bond donors (Lipinski definition) is 1. The smallest absolute Gasteiger partial charge is 0.200 e. The van der Waals surface area contributed by atoms with E-state index in [9.17, 15) is 74.6 Å². The lowest BCUT2D eigenvalue weighted by Crippen LogP contribution is -2.74. The van der Waals surface area contributed by atoms with E-state index >= 15 is 0 Å². The molecule has 0 aliphatic rings. The van der Waals surface area contributed by atoms with Gasteiger partial charge in [0.1, 0.15) is 0 Å². The minimum atomic E-state index is -8.58. The molecule has 0 radical (unpaired) electrons. The van der Waals surface area contributed by atoms with Crippen LogP contribution < -0.4 is 0 Å². The fourth-order valence-electron chi connectivity index (χ4n) is 5.73. The quantitative estimate of drug-likeness (QED) is 0.0417. The summed E-state index contributed by atoms with van der Waals surface area (Å²) in [5, 5.41) is 0. The van der Waals surface area contributed by atoms with Gasteiger partial charge in [0.25, 0.3) is 0 Å². The molecule has 0 fully saturated rings. The summed E-state index contributed by atoms with van der Waals surface area (Å²) in [4.78, 5) is 0. The summed E-state index contributed by atoms with van der Waals surface area (Å²) < 4.78 is 228. The van der Waals surface area contributed by atoms with Crippen molar-refractivity contribution in [2.45, 2.75) is 196 Å². The predicted octanol–water partition coefficient (Wildman–Crippen LogP) is 15.1. The third-order valence-electron chi connectivity index (χ3n) is 9.14. The molecule has 0 aliphatic heterocycles. The van der Waals surface area contributed by atoms with Crippen LogP contribution in [0.4, 0.5) is 74.6 Å². The van der Waals surface area contributed by atoms with E-state index in [4.69, 9.17) is 0 Å². The fourth-order valence-corrected chi connectivity index (χ4v) is 6.10. The van der Waals surface area contributed by atoms with E-state index in [1.54, 1.807) is 0 Å². The normalized spacial score (nSPS) is 15.1. The van der Waals surface area contributed by atoms with Crippen molar-refractivity contribution in [2.24, 2.45) is 5.92 Å². The highest BCUT2D eigenvalue weighted by atomic mass is 32.1. The van der Waals surface area contributed by atoms with Crippen LogP contribution in [-0.4, -0.2) is 53.4 Å². The molecule has 0 saturated heterocycles. The van der Waals surface area contributed by atoms with Crippen LogP contribution >= 0.6 is 12.6 Å². The minimum absolute atomic E-state index is 0.0843. The van der Waals surface area contributed by atoms with E-state index in [0.717, 1.165) is 44.9 Å². The maximum Gasteiger partial charge on any atom is 0.460 e. The van der Waals surface area contributed by atoms with E-state index in [2.05, 4.69) is 19.6 Å². The minimum Gasteiger partial charge on any atom is -0.200 e. The second kappa shape index (κ2) is 21.3. The van der Waals surface area contributed by atoms with Crippen molar-refractivity contribution in [3.63, 3.8) is 0 Å². The highest BCUT2D eigenvalue weighted by Crippen LogP contribution is 2.64. The Morgan fingerprint density at radius 1 is 0.353 bits per heavy atom. The standard InChI is InChI=1S/C33H51F17S/c1-2-3-4-5-6-7-8-9-10-11-14-17-20-25(22-24-51)21-18-15-12-13-16-19-23-26(34,35)27(36,37)28(38,39)29(40,41)30(42,43)31(44,45)32(46,47)33(48,49)50/h25,51H,2-24H2,1H3. The highest BCUT2D eigenvalue weighted by Gasteiger charge is 2.95. The number of alkyl halides is 17. The van der Waals surface area contributed by atoms with Gasteiger partial charge in [-0.05, 0) is 24.5 Å². The number of rotatable bonds is 30. The molecular weight excluding hydrogens is 751 g/mol. The van der Waals surface area contributed by atoms with Gasteiger partial charge < -0.3 is 0 Å². The molecule has 0 aromatic carbocycles. The number of thiol groups is 1. The number of halogens is 17. The zero-order chi connectivity index (χ0) is 39.8. The van der Waals surface area contributed by atoms with Gasteiger partial charge in [-0.25, -0.2) is 0 Å². The van der Waals surface area contributed by atoms with Gasteiger partial charge in [0.05, 0.1) is 0 Å². The van der Waals surface area contributed by atoms with Crippen molar-refractivity contribution in [3.05, 3.63) is 0 Å². The maximum absolute atomic E-state index is 14.1. The van der Waals surface area contributed by atoms with E-state index in [0.29, 0.717) is 24.5 Å². The topological polar surface area (TPSA) is 0 Å². The molecule has 0 heterocycles. The van der Waals surface area contributed by atoms with Crippen LogP contribution in [0.25, 0.3) is 0 Å². The molecule has 18 heteroatoms. The average molecular weight is 803 g/mol. The largest absolute Gasteiger partial charge is 0.460 e. The van der Waals surface area contributed by atoms with Crippen LogP contribution in [0.1, 0.15) is 148 Å². The first kappa shape index (κ1) is 50.2. The van der Waals surface area contributed by atoms with Gasteiger partial charge in [-0.3, -0.25) is 0 Å². The van der Waals surface area contributed by atoms with Crippen molar-refractivity contribution >= 4 is 12.6 Å². The van der Waals surface area contributed by atoms with Gasteiger partial charge >= 0.3 is 47.6 Å². The van der Waals surface area contributed by atoms with Gasteiger partial charge in [-0.15, -0.1) is 0 Å². The van der Waals surface area contributed by atoms with Crippen molar-refractivity contribution in [2.75, 3.05) is 5.75 Å². The Morgan fingerprint density at radius 2 is 0.647 bits per heavy atom. The highest BCUT2D eigenvalue weighted by molar-refractivity contribution is 7.80. The summed E-state index contributed by atoms with van der Waals surface area (Å²) in [6.07, 6.45) is 7.57. The Bertz CT molecular complexity index is 935. The van der Waals surface area contributed by atoms with Crippen molar-refractivity contribution < 1.29 is 74.6 Å². The molecule has 0 aromatic rings. The van der Waals surface area contributed by atoms with Crippen LogP contribution in [0.2, 0.25) is 0 Å². The molecule has 0 aromatic heterocycles. The lowest BCUT2D eigenvalue weighted by molar-refractivity contribution is -0.461. The lowest BCUT2D eigenvalue weighted by Gasteiger charge is -2.42. The zero-order valence-corrected chi connectivity index (χ0v) is 29.6. The predicted molar refractivity (Wildman–Crippen MR) is 165 cm³/mol. The second-order valence-electron chi connectivity index (χ2n) is 13.4. The first-order chi connectivity index (χ1) is 23.2. The molecule has 0 nitrogen and oxygen atoms in total. The van der Waals surface area contributed by atoms with Crippen molar-refractivity contribution in [1.29, 1.82) is 0 Å². The van der Waals surface area contributed by atoms with Gasteiger partial charge in [-0.1, -0.05) is 129 Å². The van der Waals surface area contributed by atoms with E-state index < -0.39 is 60.5 Å². The molecular formula is C33H51F17S. The molecule has 0 saturated carbocycles. The van der Waals surface area contributed by atoms with E-state index in [1.165, 1.54) is 57.8 Å². The van der Waals surface area contributed by atoms with E-state index in [-0.39, 0.29) is 12.8 Å². The van der Waals surface area contributed by atoms with Crippen LogP contribution in [0.5, 0.6) is 0 Å². The van der Waals surface area contributed by atoms with Crippen molar-refractivity contribution in [1.82, 2.24) is 0 Å². The van der Waals surface area contributed by atoms with Crippen LogP contribution in [0.15, 0.2) is 0 Å². The molecule has 0 N–H and O–H groups in total. The lowest BCUT2D eigenvalue weighted by atomic mass is 9.87. The SMILES string of the molecule is CCCCCCCCCCCCCCC(CCS)CCCCCCCCC(F)(F)C(F)(F)C(F)(F)C(F)(F)C(F)(F)C(F)(F)C(F)(F)C(F)(F)F. The zero-order valence-electron chi connectivity index (χ0n) is 28.7. The molecule has 51 heavy (non-hydrogen) atoms. The van der Waals surface area contributed by atoms with Gasteiger partial charge in [0.15, 0.2) is 0 Å². The summed E-state index contributed by atoms with van der Waals surface area (Å²) in [7, 11) is 0. The van der Waals surface area contributed by atoms with Gasteiger partial charge in [0, 0.05) is 6.42 Å². The molecule has 1 unspecified atom stereocenters. The summed E-state index contributed by atoms with van der Waals surface area (Å²) in [6, 6.07) is 0. The number of unbranched alkanes of at least 4 members (excludes halogenated alkanes) is 16. The Labute approximate surface area is 294 Å². The monoisotopic (exact) mass is 802 g/mol. The third kappa shape index (κ3) is 13.2. The molecule has 0 rings (SSSR count). The Hall–Kier alpha value is -0.840. The molecule has 1 atom stereocenters. The summed E-state index contributed by atoms with van der Waals surface area (Å²) in [5.41, 5.74) is 0. The molecule has 0 amide bonds. The molecule has 308 valence electrons. The maximum atomic E-state index is 14.1. The fraction of sp³-hybridized carbons (Fsp3) is 1.00. The average Bonchev–Trinajstić information content (AvgIpc) is 3.01. The van der Waals surface area contributed by atoms with Gasteiger partial charge in [0.2, 0.25) is 0 Å². The second-order valence-corrected chi connectivity index (χ2v) is 13.8. The summed E-state index contributed by atoms with van der Waals surface area (Å²) in [6.45, 7) is 2.18. The Kier molecular flexibility index (Phi) is 21.0.